The second-order valence-electron chi connectivity index (χ2n) is 7.05. The van der Waals surface area contributed by atoms with Crippen molar-refractivity contribution in [3.63, 3.8) is 0 Å². The zero-order chi connectivity index (χ0) is 20.1. The molecule has 7 nitrogen and oxygen atoms in total. The molecule has 1 atom stereocenters. The summed E-state index contributed by atoms with van der Waals surface area (Å²) in [5.41, 5.74) is 2.45. The summed E-state index contributed by atoms with van der Waals surface area (Å²) in [5, 5.41) is 17.4. The Kier molecular flexibility index (Phi) is 6.36. The number of nitro groups is 1. The minimum absolute atomic E-state index is 0.0122. The highest BCUT2D eigenvalue weighted by Crippen LogP contribution is 2.33. The van der Waals surface area contributed by atoms with E-state index in [1.165, 1.54) is 6.07 Å². The maximum Gasteiger partial charge on any atom is 0.319 e. The highest BCUT2D eigenvalue weighted by Gasteiger charge is 2.26. The molecule has 1 aliphatic heterocycles. The van der Waals surface area contributed by atoms with Crippen LogP contribution in [0.2, 0.25) is 5.02 Å². The van der Waals surface area contributed by atoms with E-state index >= 15 is 0 Å². The smallest absolute Gasteiger partial charge is 0.319 e. The summed E-state index contributed by atoms with van der Waals surface area (Å²) in [6.07, 6.45) is 1.87. The van der Waals surface area contributed by atoms with Crippen LogP contribution in [-0.2, 0) is 0 Å². The summed E-state index contributed by atoms with van der Waals surface area (Å²) in [5.74, 6) is 0.216. The lowest BCUT2D eigenvalue weighted by molar-refractivity contribution is -0.384. The minimum atomic E-state index is -0.405. The Morgan fingerprint density at radius 3 is 2.75 bits per heavy atom. The van der Waals surface area contributed by atoms with Crippen LogP contribution in [0.3, 0.4) is 0 Å². The van der Waals surface area contributed by atoms with Crippen molar-refractivity contribution in [2.75, 3.05) is 29.9 Å². The number of aryl methyl sites for hydroxylation is 1. The van der Waals surface area contributed by atoms with Gasteiger partial charge in [0.2, 0.25) is 0 Å². The zero-order valence-corrected chi connectivity index (χ0v) is 16.4. The van der Waals surface area contributed by atoms with Crippen molar-refractivity contribution in [1.82, 2.24) is 5.32 Å². The van der Waals surface area contributed by atoms with Gasteiger partial charge in [0, 0.05) is 36.4 Å². The first-order valence-corrected chi connectivity index (χ1v) is 9.60. The largest absolute Gasteiger partial charge is 0.366 e. The van der Waals surface area contributed by atoms with Crippen LogP contribution < -0.4 is 15.5 Å². The average Bonchev–Trinajstić information content (AvgIpc) is 2.68. The number of nitro benzene ring substituents is 1. The van der Waals surface area contributed by atoms with Gasteiger partial charge in [-0.25, -0.2) is 4.79 Å². The van der Waals surface area contributed by atoms with Gasteiger partial charge in [0.15, 0.2) is 0 Å². The van der Waals surface area contributed by atoms with Gasteiger partial charge >= 0.3 is 6.03 Å². The number of benzene rings is 2. The molecule has 28 heavy (non-hydrogen) atoms. The molecule has 2 aromatic rings. The number of halogens is 1. The monoisotopic (exact) mass is 402 g/mol. The van der Waals surface area contributed by atoms with Crippen molar-refractivity contribution in [3.8, 4) is 0 Å². The number of hydrogen-bond donors (Lipinski definition) is 2. The number of nitrogens with one attached hydrogen (secondary N) is 2. The molecule has 1 fully saturated rings. The molecule has 2 N–H and O–H groups in total. The maximum atomic E-state index is 12.1. The van der Waals surface area contributed by atoms with Crippen LogP contribution >= 0.6 is 11.6 Å². The standard InChI is InChI=1S/C20H23ClN4O3/c1-14-4-7-17(8-5-14)23-20(26)22-12-15-3-2-10-24(13-15)18-9-6-16(21)11-19(18)25(27)28/h4-9,11,15H,2-3,10,12-13H2,1H3,(H2,22,23,26). The predicted molar refractivity (Wildman–Crippen MR) is 111 cm³/mol. The Morgan fingerprint density at radius 1 is 1.29 bits per heavy atom. The number of carbonyl (C=O) groups excluding carboxylic acids is 1. The van der Waals surface area contributed by atoms with E-state index in [-0.39, 0.29) is 17.6 Å². The molecule has 0 radical (unpaired) electrons. The van der Waals surface area contributed by atoms with Crippen LogP contribution in [0.4, 0.5) is 21.9 Å². The van der Waals surface area contributed by atoms with Gasteiger partial charge in [-0.2, -0.15) is 0 Å². The summed E-state index contributed by atoms with van der Waals surface area (Å²) in [6.45, 7) is 3.89. The Labute approximate surface area is 168 Å². The molecular formula is C20H23ClN4O3. The van der Waals surface area contributed by atoms with Gasteiger partial charge in [-0.05, 0) is 49.9 Å². The van der Waals surface area contributed by atoms with E-state index in [2.05, 4.69) is 10.6 Å². The van der Waals surface area contributed by atoms with Gasteiger partial charge in [0.1, 0.15) is 5.69 Å². The minimum Gasteiger partial charge on any atom is -0.366 e. The first-order valence-electron chi connectivity index (χ1n) is 9.23. The Balaban J connectivity index is 1.57. The van der Waals surface area contributed by atoms with Gasteiger partial charge in [0.05, 0.1) is 4.92 Å². The number of rotatable bonds is 5. The fourth-order valence-electron chi connectivity index (χ4n) is 3.41. The summed E-state index contributed by atoms with van der Waals surface area (Å²) in [7, 11) is 0. The average molecular weight is 403 g/mol. The van der Waals surface area contributed by atoms with E-state index < -0.39 is 4.92 Å². The second-order valence-corrected chi connectivity index (χ2v) is 7.48. The van der Waals surface area contributed by atoms with Crippen molar-refractivity contribution in [3.05, 3.63) is 63.2 Å². The molecule has 1 aliphatic rings. The first kappa shape index (κ1) is 19.9. The Morgan fingerprint density at radius 2 is 2.04 bits per heavy atom. The fourth-order valence-corrected chi connectivity index (χ4v) is 3.58. The Bertz CT molecular complexity index is 857. The molecule has 0 bridgehead atoms. The van der Waals surface area contributed by atoms with Crippen LogP contribution in [0.5, 0.6) is 0 Å². The quantitative estimate of drug-likeness (QED) is 0.565. The summed E-state index contributed by atoms with van der Waals surface area (Å²) in [6, 6.07) is 12.1. The van der Waals surface area contributed by atoms with Gasteiger partial charge < -0.3 is 15.5 Å². The second kappa shape index (κ2) is 8.93. The van der Waals surface area contributed by atoms with Crippen molar-refractivity contribution in [1.29, 1.82) is 0 Å². The molecule has 0 spiro atoms. The zero-order valence-electron chi connectivity index (χ0n) is 15.7. The molecule has 0 aliphatic carbocycles. The lowest BCUT2D eigenvalue weighted by atomic mass is 9.97. The normalized spacial score (nSPS) is 16.5. The predicted octanol–water partition coefficient (Wildman–Crippen LogP) is 4.59. The maximum absolute atomic E-state index is 12.1. The van der Waals surface area contributed by atoms with Crippen molar-refractivity contribution < 1.29 is 9.72 Å². The molecule has 1 unspecified atom stereocenters. The third-order valence-electron chi connectivity index (χ3n) is 4.85. The van der Waals surface area contributed by atoms with Gasteiger partial charge in [-0.15, -0.1) is 0 Å². The first-order chi connectivity index (χ1) is 13.4. The Hall–Kier alpha value is -2.80. The molecule has 3 rings (SSSR count). The van der Waals surface area contributed by atoms with E-state index in [0.717, 1.165) is 30.6 Å². The van der Waals surface area contributed by atoms with E-state index in [9.17, 15) is 14.9 Å². The number of amides is 2. The van der Waals surface area contributed by atoms with Gasteiger partial charge in [-0.3, -0.25) is 10.1 Å². The topological polar surface area (TPSA) is 87.5 Å². The number of piperidine rings is 1. The molecule has 0 saturated carbocycles. The van der Waals surface area contributed by atoms with Crippen molar-refractivity contribution >= 4 is 34.7 Å². The molecule has 8 heteroatoms. The molecule has 0 aromatic heterocycles. The summed E-state index contributed by atoms with van der Waals surface area (Å²) < 4.78 is 0. The third kappa shape index (κ3) is 5.13. The third-order valence-corrected chi connectivity index (χ3v) is 5.09. The van der Waals surface area contributed by atoms with Crippen LogP contribution in [0, 0.1) is 23.0 Å². The highest BCUT2D eigenvalue weighted by molar-refractivity contribution is 6.30. The van der Waals surface area contributed by atoms with Crippen LogP contribution in [0.25, 0.3) is 0 Å². The van der Waals surface area contributed by atoms with Crippen LogP contribution in [0.15, 0.2) is 42.5 Å². The SMILES string of the molecule is Cc1ccc(NC(=O)NCC2CCCN(c3ccc(Cl)cc3[N+](=O)[O-])C2)cc1. The molecule has 2 amide bonds. The lowest BCUT2D eigenvalue weighted by Gasteiger charge is -2.34. The lowest BCUT2D eigenvalue weighted by Crippen LogP contribution is -2.42. The van der Waals surface area contributed by atoms with E-state index in [4.69, 9.17) is 11.6 Å². The van der Waals surface area contributed by atoms with E-state index in [1.807, 2.05) is 36.1 Å². The number of nitrogens with zero attached hydrogens (tertiary/aromatic N) is 2. The van der Waals surface area contributed by atoms with E-state index in [1.54, 1.807) is 12.1 Å². The number of carbonyl (C=O) groups is 1. The van der Waals surface area contributed by atoms with Crippen LogP contribution in [-0.4, -0.2) is 30.6 Å². The molecule has 2 aromatic carbocycles. The number of urea groups is 1. The molecule has 1 saturated heterocycles. The molecular weight excluding hydrogens is 380 g/mol. The molecule has 1 heterocycles. The summed E-state index contributed by atoms with van der Waals surface area (Å²) >= 11 is 5.91. The van der Waals surface area contributed by atoms with Crippen LogP contribution in [0.1, 0.15) is 18.4 Å². The molecule has 148 valence electrons. The van der Waals surface area contributed by atoms with Crippen molar-refractivity contribution in [2.45, 2.75) is 19.8 Å². The number of hydrogen-bond acceptors (Lipinski definition) is 4. The van der Waals surface area contributed by atoms with Gasteiger partial charge in [0.25, 0.3) is 5.69 Å². The fraction of sp³-hybridized carbons (Fsp3) is 0.350. The van der Waals surface area contributed by atoms with Crippen molar-refractivity contribution in [2.24, 2.45) is 5.92 Å². The highest BCUT2D eigenvalue weighted by atomic mass is 35.5. The number of anilines is 2. The summed E-state index contributed by atoms with van der Waals surface area (Å²) in [4.78, 5) is 25.1. The van der Waals surface area contributed by atoms with Gasteiger partial charge in [-0.1, -0.05) is 29.3 Å². The van der Waals surface area contributed by atoms with E-state index in [0.29, 0.717) is 23.8 Å².